The Hall–Kier alpha value is -3.54. The van der Waals surface area contributed by atoms with Crippen LogP contribution in [0.4, 0.5) is 10.5 Å². The standard InChI is InChI=1S/C22H24N2O4/c1-4-14-24(22(25)26-3)20-12-8-6-11-19(20)17-27-21-13-9-7-10-18(21)16-23-28-15-5-2/h4-13,16H,1-2,14-15,17H2,3H3. The van der Waals surface area contributed by atoms with Gasteiger partial charge in [-0.3, -0.25) is 4.90 Å². The van der Waals surface area contributed by atoms with E-state index in [1.54, 1.807) is 18.4 Å². The van der Waals surface area contributed by atoms with Crippen molar-refractivity contribution in [1.82, 2.24) is 0 Å². The average Bonchev–Trinajstić information content (AvgIpc) is 2.74. The molecule has 2 rings (SSSR count). The summed E-state index contributed by atoms with van der Waals surface area (Å²) in [4.78, 5) is 18.7. The Balaban J connectivity index is 2.20. The maximum atomic E-state index is 12.1. The number of para-hydroxylation sites is 2. The van der Waals surface area contributed by atoms with Gasteiger partial charge in [-0.15, -0.1) is 6.58 Å². The number of hydrogen-bond acceptors (Lipinski definition) is 5. The van der Waals surface area contributed by atoms with Gasteiger partial charge >= 0.3 is 6.09 Å². The van der Waals surface area contributed by atoms with Crippen LogP contribution in [-0.2, 0) is 16.2 Å². The molecule has 1 amide bonds. The van der Waals surface area contributed by atoms with Crippen LogP contribution in [0.2, 0.25) is 0 Å². The zero-order valence-electron chi connectivity index (χ0n) is 15.9. The molecule has 0 aliphatic carbocycles. The fraction of sp³-hybridized carbons (Fsp3) is 0.182. The van der Waals surface area contributed by atoms with Crippen molar-refractivity contribution in [3.8, 4) is 5.75 Å². The summed E-state index contributed by atoms with van der Waals surface area (Å²) in [6.45, 7) is 8.20. The first kappa shape index (κ1) is 20.8. The highest BCUT2D eigenvalue weighted by Gasteiger charge is 2.18. The minimum absolute atomic E-state index is 0.263. The van der Waals surface area contributed by atoms with Gasteiger partial charge in [0.05, 0.1) is 19.0 Å². The predicted molar refractivity (Wildman–Crippen MR) is 111 cm³/mol. The molecule has 0 unspecified atom stereocenters. The average molecular weight is 380 g/mol. The summed E-state index contributed by atoms with van der Waals surface area (Å²) in [5.74, 6) is 0.650. The van der Waals surface area contributed by atoms with Crippen molar-refractivity contribution in [2.75, 3.05) is 25.2 Å². The molecule has 6 nitrogen and oxygen atoms in total. The van der Waals surface area contributed by atoms with E-state index in [1.165, 1.54) is 12.0 Å². The van der Waals surface area contributed by atoms with Gasteiger partial charge in [-0.1, -0.05) is 54.2 Å². The fourth-order valence-corrected chi connectivity index (χ4v) is 2.47. The second kappa shape index (κ2) is 11.2. The lowest BCUT2D eigenvalue weighted by atomic mass is 10.1. The molecule has 0 saturated heterocycles. The SMILES string of the molecule is C=CCON=Cc1ccccc1OCc1ccccc1N(CC=C)C(=O)OC. The van der Waals surface area contributed by atoms with Gasteiger partial charge in [0.15, 0.2) is 0 Å². The smallest absolute Gasteiger partial charge is 0.414 e. The molecule has 0 atom stereocenters. The van der Waals surface area contributed by atoms with Gasteiger partial charge in [0, 0.05) is 17.7 Å². The van der Waals surface area contributed by atoms with Gasteiger partial charge < -0.3 is 14.3 Å². The number of amides is 1. The van der Waals surface area contributed by atoms with Crippen molar-refractivity contribution in [2.45, 2.75) is 6.61 Å². The highest BCUT2D eigenvalue weighted by atomic mass is 16.6. The molecule has 0 radical (unpaired) electrons. The van der Waals surface area contributed by atoms with Crippen LogP contribution < -0.4 is 9.64 Å². The maximum Gasteiger partial charge on any atom is 0.414 e. The first-order valence-electron chi connectivity index (χ1n) is 8.73. The lowest BCUT2D eigenvalue weighted by Gasteiger charge is -2.22. The summed E-state index contributed by atoms with van der Waals surface area (Å²) < 4.78 is 10.9. The van der Waals surface area contributed by atoms with E-state index in [9.17, 15) is 4.79 Å². The highest BCUT2D eigenvalue weighted by Crippen LogP contribution is 2.24. The van der Waals surface area contributed by atoms with Crippen LogP contribution in [0.1, 0.15) is 11.1 Å². The normalized spacial score (nSPS) is 10.3. The van der Waals surface area contributed by atoms with E-state index >= 15 is 0 Å². The number of ether oxygens (including phenoxy) is 2. The number of methoxy groups -OCH3 is 1. The molecular formula is C22H24N2O4. The molecule has 0 spiro atoms. The van der Waals surface area contributed by atoms with E-state index in [0.29, 0.717) is 24.6 Å². The van der Waals surface area contributed by atoms with Crippen molar-refractivity contribution in [2.24, 2.45) is 5.16 Å². The lowest BCUT2D eigenvalue weighted by Crippen LogP contribution is -2.31. The highest BCUT2D eigenvalue weighted by molar-refractivity contribution is 5.89. The van der Waals surface area contributed by atoms with Crippen LogP contribution in [0.3, 0.4) is 0 Å². The van der Waals surface area contributed by atoms with Crippen molar-refractivity contribution in [1.29, 1.82) is 0 Å². The van der Waals surface area contributed by atoms with Crippen LogP contribution in [0.25, 0.3) is 0 Å². The topological polar surface area (TPSA) is 60.4 Å². The second-order valence-corrected chi connectivity index (χ2v) is 5.64. The Labute approximate surface area is 165 Å². The molecule has 0 saturated carbocycles. The second-order valence-electron chi connectivity index (χ2n) is 5.64. The Morgan fingerprint density at radius 3 is 2.61 bits per heavy atom. The Morgan fingerprint density at radius 1 is 1.11 bits per heavy atom. The van der Waals surface area contributed by atoms with E-state index in [-0.39, 0.29) is 6.61 Å². The summed E-state index contributed by atoms with van der Waals surface area (Å²) in [5, 5.41) is 3.89. The quantitative estimate of drug-likeness (QED) is 0.262. The molecule has 2 aromatic rings. The number of benzene rings is 2. The molecule has 2 aromatic carbocycles. The maximum absolute atomic E-state index is 12.1. The van der Waals surface area contributed by atoms with Gasteiger partial charge in [0.1, 0.15) is 19.0 Å². The molecule has 0 heterocycles. The van der Waals surface area contributed by atoms with Gasteiger partial charge in [0.25, 0.3) is 0 Å². The molecular weight excluding hydrogens is 356 g/mol. The van der Waals surface area contributed by atoms with Gasteiger partial charge in [-0.05, 0) is 18.2 Å². The number of carbonyl (C=O) groups excluding carboxylic acids is 1. The summed E-state index contributed by atoms with van der Waals surface area (Å²) in [6.07, 6.45) is 4.39. The monoisotopic (exact) mass is 380 g/mol. The summed E-state index contributed by atoms with van der Waals surface area (Å²) in [7, 11) is 1.35. The van der Waals surface area contributed by atoms with E-state index in [0.717, 1.165) is 11.1 Å². The number of rotatable bonds is 10. The molecule has 0 aliphatic heterocycles. The first-order valence-corrected chi connectivity index (χ1v) is 8.73. The van der Waals surface area contributed by atoms with Crippen LogP contribution >= 0.6 is 0 Å². The third-order valence-corrected chi connectivity index (χ3v) is 3.75. The van der Waals surface area contributed by atoms with E-state index < -0.39 is 6.09 Å². The minimum atomic E-state index is -0.459. The Morgan fingerprint density at radius 2 is 1.86 bits per heavy atom. The fourth-order valence-electron chi connectivity index (χ4n) is 2.47. The van der Waals surface area contributed by atoms with E-state index in [4.69, 9.17) is 14.3 Å². The molecule has 0 bridgehead atoms. The lowest BCUT2D eigenvalue weighted by molar-refractivity contribution is 0.176. The molecule has 146 valence electrons. The van der Waals surface area contributed by atoms with Crippen molar-refractivity contribution in [3.05, 3.63) is 85.0 Å². The molecule has 0 fully saturated rings. The molecule has 0 aliphatic rings. The molecule has 0 aromatic heterocycles. The van der Waals surface area contributed by atoms with Gasteiger partial charge in [0.2, 0.25) is 0 Å². The molecule has 28 heavy (non-hydrogen) atoms. The summed E-state index contributed by atoms with van der Waals surface area (Å²) in [5.41, 5.74) is 2.32. The number of carbonyl (C=O) groups is 1. The van der Waals surface area contributed by atoms with Crippen LogP contribution in [0, 0.1) is 0 Å². The van der Waals surface area contributed by atoms with Crippen LogP contribution in [-0.4, -0.2) is 32.6 Å². The van der Waals surface area contributed by atoms with Gasteiger partial charge in [-0.25, -0.2) is 4.79 Å². The van der Waals surface area contributed by atoms with E-state index in [1.807, 2.05) is 48.5 Å². The van der Waals surface area contributed by atoms with Crippen molar-refractivity contribution in [3.63, 3.8) is 0 Å². The largest absolute Gasteiger partial charge is 0.488 e. The van der Waals surface area contributed by atoms with Crippen LogP contribution in [0.5, 0.6) is 5.75 Å². The zero-order valence-corrected chi connectivity index (χ0v) is 15.9. The first-order chi connectivity index (χ1) is 13.7. The Bertz CT molecular complexity index is 833. The minimum Gasteiger partial charge on any atom is -0.488 e. The number of oxime groups is 1. The Kier molecular flexibility index (Phi) is 8.33. The van der Waals surface area contributed by atoms with Crippen LogP contribution in [0.15, 0.2) is 79.0 Å². The van der Waals surface area contributed by atoms with E-state index in [2.05, 4.69) is 18.3 Å². The van der Waals surface area contributed by atoms with Gasteiger partial charge in [-0.2, -0.15) is 0 Å². The number of nitrogens with zero attached hydrogens (tertiary/aromatic N) is 2. The molecule has 6 heteroatoms. The third-order valence-electron chi connectivity index (χ3n) is 3.75. The van der Waals surface area contributed by atoms with Crippen molar-refractivity contribution < 1.29 is 19.1 Å². The summed E-state index contributed by atoms with van der Waals surface area (Å²) in [6, 6.07) is 15.0. The summed E-state index contributed by atoms with van der Waals surface area (Å²) >= 11 is 0. The molecule has 0 N–H and O–H groups in total. The third kappa shape index (κ3) is 5.74. The predicted octanol–water partition coefficient (Wildman–Crippen LogP) is 4.56. The number of hydrogen-bond donors (Lipinski definition) is 0. The van der Waals surface area contributed by atoms with Crippen molar-refractivity contribution >= 4 is 18.0 Å². The number of anilines is 1. The zero-order chi connectivity index (χ0) is 20.2.